The number of likely N-dealkylation sites (tertiary alicyclic amines) is 1. The molecule has 0 N–H and O–H groups in total. The fraction of sp³-hybridized carbons (Fsp3) is 0.211. The quantitative estimate of drug-likeness (QED) is 0.530. The third-order valence-corrected chi connectivity index (χ3v) is 5.43. The van der Waals surface area contributed by atoms with Crippen LogP contribution >= 0.6 is 11.3 Å². The fourth-order valence-electron chi connectivity index (χ4n) is 3.27. The molecule has 0 saturated carbocycles. The van der Waals surface area contributed by atoms with Gasteiger partial charge in [-0.3, -0.25) is 4.79 Å². The van der Waals surface area contributed by atoms with Crippen molar-refractivity contribution in [1.29, 1.82) is 0 Å². The van der Waals surface area contributed by atoms with Crippen molar-refractivity contribution >= 4 is 17.2 Å². The molecule has 0 bridgehead atoms. The van der Waals surface area contributed by atoms with Gasteiger partial charge < -0.3 is 9.42 Å². The smallest absolute Gasteiger partial charge is 0.276 e. The van der Waals surface area contributed by atoms with E-state index in [1.165, 1.54) is 11.0 Å². The summed E-state index contributed by atoms with van der Waals surface area (Å²) in [5.41, 5.74) is 2.07. The standard InChI is InChI=1S/C19H16N6O2S/c26-19(16-10-20-25(22-16)15-4-2-1-3-5-15)24-8-6-13(11-24)17-21-18(27-23-17)14-7-9-28-12-14/h1-5,7,9-10,12-13H,6,8,11H2/t13-/m0/s1. The Hall–Kier alpha value is -3.33. The summed E-state index contributed by atoms with van der Waals surface area (Å²) in [5.74, 6) is 1.09. The highest BCUT2D eigenvalue weighted by atomic mass is 32.1. The Morgan fingerprint density at radius 3 is 2.93 bits per heavy atom. The molecule has 4 heterocycles. The minimum absolute atomic E-state index is 0.0595. The van der Waals surface area contributed by atoms with Crippen molar-refractivity contribution in [1.82, 2.24) is 30.0 Å². The first-order valence-corrected chi connectivity index (χ1v) is 9.85. The van der Waals surface area contributed by atoms with Crippen molar-refractivity contribution in [3.63, 3.8) is 0 Å². The van der Waals surface area contributed by atoms with E-state index >= 15 is 0 Å². The maximum atomic E-state index is 12.8. The molecule has 1 amide bonds. The maximum absolute atomic E-state index is 12.8. The molecule has 1 aromatic carbocycles. The van der Waals surface area contributed by atoms with Crippen LogP contribution in [0.15, 0.2) is 57.9 Å². The first-order valence-electron chi connectivity index (χ1n) is 8.91. The van der Waals surface area contributed by atoms with E-state index in [0.717, 1.165) is 17.7 Å². The Morgan fingerprint density at radius 2 is 2.11 bits per heavy atom. The van der Waals surface area contributed by atoms with E-state index in [-0.39, 0.29) is 11.8 Å². The second-order valence-electron chi connectivity index (χ2n) is 6.56. The lowest BCUT2D eigenvalue weighted by Gasteiger charge is -2.13. The van der Waals surface area contributed by atoms with Gasteiger partial charge in [0.1, 0.15) is 0 Å². The summed E-state index contributed by atoms with van der Waals surface area (Å²) in [7, 11) is 0. The monoisotopic (exact) mass is 392 g/mol. The number of benzene rings is 1. The highest BCUT2D eigenvalue weighted by Gasteiger charge is 2.32. The van der Waals surface area contributed by atoms with Crippen LogP contribution in [0.2, 0.25) is 0 Å². The Bertz CT molecular complexity index is 1090. The van der Waals surface area contributed by atoms with Gasteiger partial charge in [0.05, 0.1) is 17.4 Å². The number of thiophene rings is 1. The summed E-state index contributed by atoms with van der Waals surface area (Å²) >= 11 is 1.58. The lowest BCUT2D eigenvalue weighted by atomic mass is 10.1. The first kappa shape index (κ1) is 16.8. The van der Waals surface area contributed by atoms with E-state index in [9.17, 15) is 4.79 Å². The van der Waals surface area contributed by atoms with Crippen LogP contribution in [0.5, 0.6) is 0 Å². The Balaban J connectivity index is 1.28. The molecular weight excluding hydrogens is 376 g/mol. The normalized spacial score (nSPS) is 16.6. The number of carbonyl (C=O) groups is 1. The van der Waals surface area contributed by atoms with Gasteiger partial charge in [-0.2, -0.15) is 26.2 Å². The van der Waals surface area contributed by atoms with Gasteiger partial charge in [0.2, 0.25) is 0 Å². The highest BCUT2D eigenvalue weighted by Crippen LogP contribution is 2.28. The summed E-state index contributed by atoms with van der Waals surface area (Å²) in [6.07, 6.45) is 2.30. The van der Waals surface area contributed by atoms with E-state index < -0.39 is 0 Å². The predicted octanol–water partition coefficient (Wildman–Crippen LogP) is 3.01. The largest absolute Gasteiger partial charge is 0.336 e. The number of amides is 1. The molecule has 1 saturated heterocycles. The molecule has 5 rings (SSSR count). The molecule has 1 atom stereocenters. The van der Waals surface area contributed by atoms with Crippen molar-refractivity contribution in [3.8, 4) is 17.1 Å². The predicted molar refractivity (Wildman–Crippen MR) is 102 cm³/mol. The number of carbonyl (C=O) groups excluding carboxylic acids is 1. The molecule has 9 heteroatoms. The van der Waals surface area contributed by atoms with Crippen LogP contribution in [0.1, 0.15) is 28.7 Å². The van der Waals surface area contributed by atoms with Gasteiger partial charge in [-0.15, -0.1) is 5.10 Å². The number of para-hydroxylation sites is 1. The van der Waals surface area contributed by atoms with Crippen LogP contribution in [0.4, 0.5) is 0 Å². The number of rotatable bonds is 4. The Kier molecular flexibility index (Phi) is 4.21. The van der Waals surface area contributed by atoms with Gasteiger partial charge in [-0.25, -0.2) is 0 Å². The first-order chi connectivity index (χ1) is 13.8. The molecule has 28 heavy (non-hydrogen) atoms. The minimum Gasteiger partial charge on any atom is -0.336 e. The molecule has 1 fully saturated rings. The van der Waals surface area contributed by atoms with Crippen molar-refractivity contribution in [2.45, 2.75) is 12.3 Å². The van der Waals surface area contributed by atoms with E-state index in [2.05, 4.69) is 20.3 Å². The fourth-order valence-corrected chi connectivity index (χ4v) is 3.90. The molecule has 4 aromatic rings. The zero-order valence-electron chi connectivity index (χ0n) is 14.8. The van der Waals surface area contributed by atoms with Crippen molar-refractivity contribution < 1.29 is 9.32 Å². The van der Waals surface area contributed by atoms with Crippen LogP contribution in [0, 0.1) is 0 Å². The molecule has 8 nitrogen and oxygen atoms in total. The number of hydrogen-bond acceptors (Lipinski definition) is 7. The van der Waals surface area contributed by atoms with Gasteiger partial charge in [-0.1, -0.05) is 23.4 Å². The van der Waals surface area contributed by atoms with Crippen molar-refractivity contribution in [3.05, 3.63) is 64.9 Å². The summed E-state index contributed by atoms with van der Waals surface area (Å²) in [4.78, 5) is 20.5. The Labute approximate surface area is 164 Å². The summed E-state index contributed by atoms with van der Waals surface area (Å²) < 4.78 is 5.37. The van der Waals surface area contributed by atoms with Gasteiger partial charge in [0.15, 0.2) is 11.5 Å². The van der Waals surface area contributed by atoms with Crippen LogP contribution in [-0.2, 0) is 0 Å². The molecule has 1 aliphatic rings. The van der Waals surface area contributed by atoms with E-state index in [1.54, 1.807) is 16.2 Å². The molecule has 0 radical (unpaired) electrons. The zero-order valence-corrected chi connectivity index (χ0v) is 15.6. The number of nitrogens with zero attached hydrogens (tertiary/aromatic N) is 6. The summed E-state index contributed by atoms with van der Waals surface area (Å²) in [5, 5.41) is 16.6. The lowest BCUT2D eigenvalue weighted by Crippen LogP contribution is -2.29. The van der Waals surface area contributed by atoms with Crippen molar-refractivity contribution in [2.75, 3.05) is 13.1 Å². The molecule has 0 unspecified atom stereocenters. The molecular formula is C19H16N6O2S. The van der Waals surface area contributed by atoms with Gasteiger partial charge in [0.25, 0.3) is 11.8 Å². The van der Waals surface area contributed by atoms with E-state index in [0.29, 0.717) is 30.5 Å². The van der Waals surface area contributed by atoms with Crippen LogP contribution < -0.4 is 0 Å². The minimum atomic E-state index is -0.133. The van der Waals surface area contributed by atoms with Crippen LogP contribution in [0.3, 0.4) is 0 Å². The zero-order chi connectivity index (χ0) is 18.9. The van der Waals surface area contributed by atoms with Gasteiger partial charge in [0, 0.05) is 24.4 Å². The second kappa shape index (κ2) is 7.01. The molecule has 1 aliphatic heterocycles. The van der Waals surface area contributed by atoms with Crippen LogP contribution in [0.25, 0.3) is 17.1 Å². The molecule has 0 spiro atoms. The van der Waals surface area contributed by atoms with Gasteiger partial charge >= 0.3 is 0 Å². The summed E-state index contributed by atoms with van der Waals surface area (Å²) in [6.45, 7) is 1.17. The number of hydrogen-bond donors (Lipinski definition) is 0. The maximum Gasteiger partial charge on any atom is 0.276 e. The van der Waals surface area contributed by atoms with Crippen LogP contribution in [-0.4, -0.2) is 49.0 Å². The number of aromatic nitrogens is 5. The van der Waals surface area contributed by atoms with Gasteiger partial charge in [-0.05, 0) is 30.0 Å². The second-order valence-corrected chi connectivity index (χ2v) is 7.34. The third kappa shape index (κ3) is 3.09. The highest BCUT2D eigenvalue weighted by molar-refractivity contribution is 7.08. The van der Waals surface area contributed by atoms with Crippen molar-refractivity contribution in [2.24, 2.45) is 0 Å². The van der Waals surface area contributed by atoms with E-state index in [4.69, 9.17) is 4.52 Å². The molecule has 140 valence electrons. The SMILES string of the molecule is O=C(c1cnn(-c2ccccc2)n1)N1CC[C@H](c2noc(-c3ccsc3)n2)C1. The molecule has 0 aliphatic carbocycles. The average molecular weight is 392 g/mol. The topological polar surface area (TPSA) is 89.9 Å². The molecule has 3 aromatic heterocycles. The summed E-state index contributed by atoms with van der Waals surface area (Å²) in [6, 6.07) is 11.5. The average Bonchev–Trinajstić information content (AvgIpc) is 3.54. The lowest BCUT2D eigenvalue weighted by molar-refractivity contribution is 0.0784. The Morgan fingerprint density at radius 1 is 1.21 bits per heavy atom. The third-order valence-electron chi connectivity index (χ3n) is 4.75. The van der Waals surface area contributed by atoms with E-state index in [1.807, 2.05) is 47.2 Å².